The second-order valence-electron chi connectivity index (χ2n) is 6.37. The third kappa shape index (κ3) is 2.92. The normalized spacial score (nSPS) is 22.0. The molecule has 0 spiro atoms. The Balaban J connectivity index is 1.72. The minimum absolute atomic E-state index is 0.0247. The number of aryl methyl sites for hydroxylation is 2. The summed E-state index contributed by atoms with van der Waals surface area (Å²) in [7, 11) is 0. The fourth-order valence-electron chi connectivity index (χ4n) is 3.25. The predicted octanol–water partition coefficient (Wildman–Crippen LogP) is 2.61. The Hall–Kier alpha value is -1.69. The Morgan fingerprint density at radius 3 is 2.95 bits per heavy atom. The highest BCUT2D eigenvalue weighted by Crippen LogP contribution is 2.32. The van der Waals surface area contributed by atoms with Gasteiger partial charge in [-0.05, 0) is 32.8 Å². The van der Waals surface area contributed by atoms with E-state index < -0.39 is 0 Å². The number of H-pyrrole nitrogens is 1. The number of aromatic amines is 1. The molecular weight excluding hydrogens is 296 g/mol. The van der Waals surface area contributed by atoms with Crippen molar-refractivity contribution in [3.8, 4) is 0 Å². The molecule has 1 aliphatic heterocycles. The van der Waals surface area contributed by atoms with E-state index in [1.165, 1.54) is 0 Å². The Bertz CT molecular complexity index is 664. The number of nitrogens with one attached hydrogen (secondary N) is 1. The summed E-state index contributed by atoms with van der Waals surface area (Å²) >= 11 is 1.63. The third-order valence-electron chi connectivity index (χ3n) is 4.51. The zero-order valence-electron chi connectivity index (χ0n) is 13.3. The van der Waals surface area contributed by atoms with Gasteiger partial charge in [0.2, 0.25) is 5.91 Å². The maximum absolute atomic E-state index is 12.7. The summed E-state index contributed by atoms with van der Waals surface area (Å²) in [5.74, 6) is 0.206. The molecule has 2 aromatic heterocycles. The topological polar surface area (TPSA) is 61.9 Å². The molecule has 0 bridgehead atoms. The molecular formula is C16H22N4OS. The van der Waals surface area contributed by atoms with Crippen molar-refractivity contribution >= 4 is 17.2 Å². The van der Waals surface area contributed by atoms with E-state index in [1.807, 2.05) is 24.8 Å². The summed E-state index contributed by atoms with van der Waals surface area (Å²) in [6.45, 7) is 7.78. The van der Waals surface area contributed by atoms with Gasteiger partial charge in [0.1, 0.15) is 0 Å². The lowest BCUT2D eigenvalue weighted by Crippen LogP contribution is -2.47. The largest absolute Gasteiger partial charge is 0.341 e. The van der Waals surface area contributed by atoms with Gasteiger partial charge >= 0.3 is 0 Å². The number of aromatic nitrogens is 3. The molecule has 1 fully saturated rings. The molecule has 1 atom stereocenters. The highest BCUT2D eigenvalue weighted by Gasteiger charge is 2.35. The highest BCUT2D eigenvalue weighted by molar-refractivity contribution is 7.11. The van der Waals surface area contributed by atoms with Gasteiger partial charge < -0.3 is 4.90 Å². The number of likely N-dealkylation sites (tertiary alicyclic amines) is 1. The van der Waals surface area contributed by atoms with Crippen LogP contribution in [0.4, 0.5) is 0 Å². The van der Waals surface area contributed by atoms with Crippen molar-refractivity contribution < 1.29 is 4.79 Å². The number of hydrogen-bond acceptors (Lipinski definition) is 4. The first-order valence-electron chi connectivity index (χ1n) is 7.68. The van der Waals surface area contributed by atoms with Crippen molar-refractivity contribution in [3.05, 3.63) is 33.5 Å². The van der Waals surface area contributed by atoms with Crippen LogP contribution in [0.3, 0.4) is 0 Å². The van der Waals surface area contributed by atoms with Crippen molar-refractivity contribution in [3.63, 3.8) is 0 Å². The van der Waals surface area contributed by atoms with E-state index in [4.69, 9.17) is 0 Å². The molecule has 0 saturated carbocycles. The molecule has 22 heavy (non-hydrogen) atoms. The number of thiazole rings is 1. The molecule has 0 aliphatic carbocycles. The van der Waals surface area contributed by atoms with E-state index >= 15 is 0 Å². The molecule has 1 saturated heterocycles. The Kier molecular flexibility index (Phi) is 4.04. The lowest BCUT2D eigenvalue weighted by atomic mass is 9.79. The molecule has 1 aliphatic rings. The van der Waals surface area contributed by atoms with Crippen molar-refractivity contribution in [2.24, 2.45) is 0 Å². The average Bonchev–Trinajstić information content (AvgIpc) is 3.10. The number of rotatable bonds is 3. The van der Waals surface area contributed by atoms with E-state index in [1.54, 1.807) is 17.5 Å². The molecule has 5 nitrogen and oxygen atoms in total. The first-order chi connectivity index (χ1) is 10.5. The van der Waals surface area contributed by atoms with E-state index in [0.717, 1.165) is 47.2 Å². The molecule has 118 valence electrons. The fraction of sp³-hybridized carbons (Fsp3) is 0.562. The first kappa shape index (κ1) is 15.2. The van der Waals surface area contributed by atoms with Crippen LogP contribution in [0.15, 0.2) is 12.3 Å². The average molecular weight is 318 g/mol. The minimum Gasteiger partial charge on any atom is -0.341 e. The summed E-state index contributed by atoms with van der Waals surface area (Å²) in [4.78, 5) is 20.2. The monoisotopic (exact) mass is 318 g/mol. The molecule has 3 rings (SSSR count). The van der Waals surface area contributed by atoms with Gasteiger partial charge in [0.05, 0.1) is 17.1 Å². The quantitative estimate of drug-likeness (QED) is 0.946. The summed E-state index contributed by atoms with van der Waals surface area (Å²) in [5, 5.41) is 8.16. The molecule has 6 heteroatoms. The Labute approximate surface area is 134 Å². The van der Waals surface area contributed by atoms with Gasteiger partial charge in [-0.1, -0.05) is 6.92 Å². The van der Waals surface area contributed by atoms with Gasteiger partial charge in [-0.15, -0.1) is 11.3 Å². The zero-order chi connectivity index (χ0) is 15.7. The number of hydrogen-bond donors (Lipinski definition) is 1. The van der Waals surface area contributed by atoms with Crippen LogP contribution in [-0.4, -0.2) is 39.1 Å². The summed E-state index contributed by atoms with van der Waals surface area (Å²) in [6, 6.07) is 2.02. The number of nitrogens with zero attached hydrogens (tertiary/aromatic N) is 3. The maximum atomic E-state index is 12.7. The third-order valence-corrected chi connectivity index (χ3v) is 5.58. The highest BCUT2D eigenvalue weighted by atomic mass is 32.1. The summed E-state index contributed by atoms with van der Waals surface area (Å²) in [5.41, 5.74) is 2.09. The van der Waals surface area contributed by atoms with Gasteiger partial charge in [-0.2, -0.15) is 5.10 Å². The molecule has 2 aromatic rings. The lowest BCUT2D eigenvalue weighted by molar-refractivity contribution is -0.132. The Morgan fingerprint density at radius 1 is 1.50 bits per heavy atom. The van der Waals surface area contributed by atoms with Crippen molar-refractivity contribution in [1.29, 1.82) is 0 Å². The van der Waals surface area contributed by atoms with Crippen LogP contribution in [-0.2, 0) is 16.6 Å². The van der Waals surface area contributed by atoms with Crippen molar-refractivity contribution in [2.75, 3.05) is 13.1 Å². The van der Waals surface area contributed by atoms with E-state index in [-0.39, 0.29) is 11.3 Å². The molecule has 3 heterocycles. The van der Waals surface area contributed by atoms with Crippen LogP contribution >= 0.6 is 11.3 Å². The van der Waals surface area contributed by atoms with Crippen LogP contribution in [0, 0.1) is 13.8 Å². The number of carbonyl (C=O) groups is 1. The summed E-state index contributed by atoms with van der Waals surface area (Å²) < 4.78 is 0. The lowest BCUT2D eigenvalue weighted by Gasteiger charge is -2.39. The van der Waals surface area contributed by atoms with E-state index in [2.05, 4.69) is 22.1 Å². The Morgan fingerprint density at radius 2 is 2.32 bits per heavy atom. The summed E-state index contributed by atoms with van der Waals surface area (Å²) in [6.07, 6.45) is 4.36. The van der Waals surface area contributed by atoms with Crippen molar-refractivity contribution in [2.45, 2.75) is 45.4 Å². The van der Waals surface area contributed by atoms with Gasteiger partial charge in [0.25, 0.3) is 0 Å². The molecule has 1 N–H and O–H groups in total. The standard InChI is InChI=1S/C16H22N4OS/c1-11-13(22-12(2)18-11)9-15(21)20-8-4-6-16(3,10-20)14-5-7-17-19-14/h5,7H,4,6,8-10H2,1-3H3,(H,17,19). The number of amides is 1. The van der Waals surface area contributed by atoms with E-state index in [0.29, 0.717) is 6.42 Å². The van der Waals surface area contributed by atoms with Gasteiger partial charge in [-0.3, -0.25) is 9.89 Å². The molecule has 0 radical (unpaired) electrons. The second kappa shape index (κ2) is 5.83. The second-order valence-corrected chi connectivity index (χ2v) is 7.66. The van der Waals surface area contributed by atoms with Crippen molar-refractivity contribution in [1.82, 2.24) is 20.1 Å². The van der Waals surface area contributed by atoms with Crippen LogP contribution in [0.25, 0.3) is 0 Å². The molecule has 1 amide bonds. The van der Waals surface area contributed by atoms with Crippen LogP contribution in [0.2, 0.25) is 0 Å². The minimum atomic E-state index is -0.0247. The number of piperidine rings is 1. The van der Waals surface area contributed by atoms with Gasteiger partial charge in [0.15, 0.2) is 0 Å². The maximum Gasteiger partial charge on any atom is 0.227 e. The van der Waals surface area contributed by atoms with Crippen LogP contribution in [0.5, 0.6) is 0 Å². The van der Waals surface area contributed by atoms with E-state index in [9.17, 15) is 4.79 Å². The predicted molar refractivity (Wildman–Crippen MR) is 87.0 cm³/mol. The van der Waals surface area contributed by atoms with Gasteiger partial charge in [0, 0.05) is 35.3 Å². The van der Waals surface area contributed by atoms with Gasteiger partial charge in [-0.25, -0.2) is 4.98 Å². The van der Waals surface area contributed by atoms with Crippen LogP contribution < -0.4 is 0 Å². The zero-order valence-corrected chi connectivity index (χ0v) is 14.2. The smallest absolute Gasteiger partial charge is 0.227 e. The first-order valence-corrected chi connectivity index (χ1v) is 8.50. The number of carbonyl (C=O) groups excluding carboxylic acids is 1. The molecule has 1 unspecified atom stereocenters. The van der Waals surface area contributed by atoms with Crippen LogP contribution in [0.1, 0.15) is 41.0 Å². The SMILES string of the molecule is Cc1nc(C)c(CC(=O)N2CCCC(C)(c3ccn[nH]3)C2)s1. The fourth-order valence-corrected chi connectivity index (χ4v) is 4.18. The molecule has 0 aromatic carbocycles.